The second kappa shape index (κ2) is 6.31. The standard InChI is InChI=1S/C11H18N2O/c1-2-3-9-12-11(14)13-10-7-5-4-6-8-10/h1,10H,3-9H2,(H2,12,13,14). The van der Waals surface area contributed by atoms with E-state index in [2.05, 4.69) is 16.6 Å². The number of terminal acetylenes is 1. The summed E-state index contributed by atoms with van der Waals surface area (Å²) in [6, 6.07) is 0.293. The predicted octanol–water partition coefficient (Wildman–Crippen LogP) is 1.64. The molecule has 0 aromatic heterocycles. The Morgan fingerprint density at radius 2 is 2.07 bits per heavy atom. The normalized spacial score (nSPS) is 17.1. The van der Waals surface area contributed by atoms with Crippen molar-refractivity contribution in [3.8, 4) is 12.3 Å². The van der Waals surface area contributed by atoms with E-state index in [0.717, 1.165) is 12.8 Å². The van der Waals surface area contributed by atoms with Crippen LogP contribution in [-0.2, 0) is 0 Å². The molecule has 1 aliphatic rings. The zero-order valence-corrected chi connectivity index (χ0v) is 8.51. The molecule has 1 rings (SSSR count). The lowest BCUT2D eigenvalue weighted by Crippen LogP contribution is -2.43. The van der Waals surface area contributed by atoms with E-state index in [-0.39, 0.29) is 6.03 Å². The van der Waals surface area contributed by atoms with Gasteiger partial charge in [0.25, 0.3) is 0 Å². The van der Waals surface area contributed by atoms with Gasteiger partial charge in [-0.3, -0.25) is 0 Å². The maximum absolute atomic E-state index is 11.3. The highest BCUT2D eigenvalue weighted by atomic mass is 16.2. The lowest BCUT2D eigenvalue weighted by atomic mass is 9.96. The first-order valence-corrected chi connectivity index (χ1v) is 5.31. The van der Waals surface area contributed by atoms with Crippen molar-refractivity contribution in [2.24, 2.45) is 0 Å². The molecule has 0 aromatic rings. The number of carbonyl (C=O) groups is 1. The van der Waals surface area contributed by atoms with E-state index in [1.807, 2.05) is 0 Å². The average Bonchev–Trinajstić information content (AvgIpc) is 2.20. The van der Waals surface area contributed by atoms with Crippen molar-refractivity contribution in [1.29, 1.82) is 0 Å². The molecule has 0 heterocycles. The number of carbonyl (C=O) groups excluding carboxylic acids is 1. The lowest BCUT2D eigenvalue weighted by molar-refractivity contribution is 0.233. The van der Waals surface area contributed by atoms with Crippen molar-refractivity contribution in [2.75, 3.05) is 6.54 Å². The quantitative estimate of drug-likeness (QED) is 0.520. The van der Waals surface area contributed by atoms with Gasteiger partial charge in [-0.15, -0.1) is 12.3 Å². The third kappa shape index (κ3) is 4.18. The Balaban J connectivity index is 2.10. The van der Waals surface area contributed by atoms with Gasteiger partial charge in [0.05, 0.1) is 0 Å². The number of urea groups is 1. The molecule has 3 heteroatoms. The summed E-state index contributed by atoms with van der Waals surface area (Å²) in [6.07, 6.45) is 11.7. The van der Waals surface area contributed by atoms with E-state index in [9.17, 15) is 4.79 Å². The van der Waals surface area contributed by atoms with Crippen molar-refractivity contribution >= 4 is 6.03 Å². The molecular weight excluding hydrogens is 176 g/mol. The Labute approximate surface area is 85.6 Å². The predicted molar refractivity (Wildman–Crippen MR) is 56.9 cm³/mol. The molecule has 2 amide bonds. The van der Waals surface area contributed by atoms with Crippen molar-refractivity contribution < 1.29 is 4.79 Å². The van der Waals surface area contributed by atoms with E-state index < -0.39 is 0 Å². The molecule has 1 aliphatic carbocycles. The summed E-state index contributed by atoms with van der Waals surface area (Å²) in [5, 5.41) is 5.70. The zero-order chi connectivity index (χ0) is 10.2. The Morgan fingerprint density at radius 1 is 1.36 bits per heavy atom. The Bertz CT molecular complexity index is 214. The van der Waals surface area contributed by atoms with E-state index in [0.29, 0.717) is 19.0 Å². The van der Waals surface area contributed by atoms with Crippen LogP contribution in [0.4, 0.5) is 4.79 Å². The van der Waals surface area contributed by atoms with Gasteiger partial charge in [0.2, 0.25) is 0 Å². The van der Waals surface area contributed by atoms with E-state index in [1.54, 1.807) is 0 Å². The van der Waals surface area contributed by atoms with Gasteiger partial charge in [-0.1, -0.05) is 19.3 Å². The fraction of sp³-hybridized carbons (Fsp3) is 0.727. The summed E-state index contributed by atoms with van der Waals surface area (Å²) in [6.45, 7) is 0.565. The minimum atomic E-state index is -0.0767. The average molecular weight is 194 g/mol. The number of rotatable bonds is 3. The van der Waals surface area contributed by atoms with Crippen molar-refractivity contribution in [3.05, 3.63) is 0 Å². The lowest BCUT2D eigenvalue weighted by Gasteiger charge is -2.22. The van der Waals surface area contributed by atoms with Crippen LogP contribution in [-0.4, -0.2) is 18.6 Å². The van der Waals surface area contributed by atoms with Gasteiger partial charge in [-0.25, -0.2) is 4.79 Å². The smallest absolute Gasteiger partial charge is 0.315 e. The molecular formula is C11H18N2O. The highest BCUT2D eigenvalue weighted by molar-refractivity contribution is 5.74. The molecule has 0 bridgehead atoms. The molecule has 0 spiro atoms. The van der Waals surface area contributed by atoms with Crippen molar-refractivity contribution in [1.82, 2.24) is 10.6 Å². The maximum Gasteiger partial charge on any atom is 0.315 e. The second-order valence-electron chi connectivity index (χ2n) is 3.69. The molecule has 0 saturated heterocycles. The fourth-order valence-corrected chi connectivity index (χ4v) is 1.73. The van der Waals surface area contributed by atoms with Crippen LogP contribution in [0.25, 0.3) is 0 Å². The van der Waals surface area contributed by atoms with Crippen LogP contribution in [0.15, 0.2) is 0 Å². The Morgan fingerprint density at radius 3 is 2.71 bits per heavy atom. The van der Waals surface area contributed by atoms with Gasteiger partial charge in [0, 0.05) is 19.0 Å². The SMILES string of the molecule is C#CCCNC(=O)NC1CCCCC1. The number of amides is 2. The number of hydrogen-bond acceptors (Lipinski definition) is 1. The third-order valence-electron chi connectivity index (χ3n) is 2.50. The largest absolute Gasteiger partial charge is 0.337 e. The second-order valence-corrected chi connectivity index (χ2v) is 3.69. The molecule has 3 nitrogen and oxygen atoms in total. The minimum absolute atomic E-state index is 0.0767. The summed E-state index contributed by atoms with van der Waals surface area (Å²) in [7, 11) is 0. The fourth-order valence-electron chi connectivity index (χ4n) is 1.73. The molecule has 0 unspecified atom stereocenters. The van der Waals surface area contributed by atoms with Gasteiger partial charge in [-0.05, 0) is 12.8 Å². The molecule has 1 fully saturated rings. The van der Waals surface area contributed by atoms with E-state index in [4.69, 9.17) is 6.42 Å². The maximum atomic E-state index is 11.3. The summed E-state index contributed by atoms with van der Waals surface area (Å²) in [5.41, 5.74) is 0. The van der Waals surface area contributed by atoms with Gasteiger partial charge in [-0.2, -0.15) is 0 Å². The topological polar surface area (TPSA) is 41.1 Å². The summed E-state index contributed by atoms with van der Waals surface area (Å²) in [5.74, 6) is 2.48. The van der Waals surface area contributed by atoms with Crippen LogP contribution in [0.2, 0.25) is 0 Å². The van der Waals surface area contributed by atoms with Crippen LogP contribution >= 0.6 is 0 Å². The van der Waals surface area contributed by atoms with Gasteiger partial charge in [0.15, 0.2) is 0 Å². The molecule has 14 heavy (non-hydrogen) atoms. The zero-order valence-electron chi connectivity index (χ0n) is 8.51. The van der Waals surface area contributed by atoms with Crippen molar-refractivity contribution in [2.45, 2.75) is 44.6 Å². The van der Waals surface area contributed by atoms with Gasteiger partial charge >= 0.3 is 6.03 Å². The van der Waals surface area contributed by atoms with Crippen LogP contribution in [0, 0.1) is 12.3 Å². The molecule has 0 aromatic carbocycles. The van der Waals surface area contributed by atoms with Crippen molar-refractivity contribution in [3.63, 3.8) is 0 Å². The highest BCUT2D eigenvalue weighted by Gasteiger charge is 2.14. The molecule has 78 valence electrons. The molecule has 0 radical (unpaired) electrons. The highest BCUT2D eigenvalue weighted by Crippen LogP contribution is 2.16. The minimum Gasteiger partial charge on any atom is -0.337 e. The molecule has 0 atom stereocenters. The van der Waals surface area contributed by atoms with Crippen LogP contribution in [0.3, 0.4) is 0 Å². The van der Waals surface area contributed by atoms with Crippen LogP contribution < -0.4 is 10.6 Å². The van der Waals surface area contributed by atoms with Crippen LogP contribution in [0.1, 0.15) is 38.5 Å². The molecule has 2 N–H and O–H groups in total. The first kappa shape index (κ1) is 10.9. The molecule has 1 saturated carbocycles. The first-order valence-electron chi connectivity index (χ1n) is 5.31. The van der Waals surface area contributed by atoms with Gasteiger partial charge < -0.3 is 10.6 Å². The van der Waals surface area contributed by atoms with E-state index >= 15 is 0 Å². The number of hydrogen-bond donors (Lipinski definition) is 2. The number of nitrogens with one attached hydrogen (secondary N) is 2. The monoisotopic (exact) mass is 194 g/mol. The summed E-state index contributed by atoms with van der Waals surface area (Å²) in [4.78, 5) is 11.3. The third-order valence-corrected chi connectivity index (χ3v) is 2.50. The summed E-state index contributed by atoms with van der Waals surface area (Å²) < 4.78 is 0. The Hall–Kier alpha value is -1.17. The molecule has 0 aliphatic heterocycles. The Kier molecular flexibility index (Phi) is 4.92. The van der Waals surface area contributed by atoms with Crippen LogP contribution in [0.5, 0.6) is 0 Å². The van der Waals surface area contributed by atoms with Gasteiger partial charge in [0.1, 0.15) is 0 Å². The first-order chi connectivity index (χ1) is 6.83. The van der Waals surface area contributed by atoms with E-state index in [1.165, 1.54) is 19.3 Å². The summed E-state index contributed by atoms with van der Waals surface area (Å²) >= 11 is 0.